The summed E-state index contributed by atoms with van der Waals surface area (Å²) in [6.45, 7) is 3.07. The van der Waals surface area contributed by atoms with Crippen molar-refractivity contribution in [3.63, 3.8) is 0 Å². The molecular formula is C20H23ClN4O4S. The number of benzene rings is 2. The van der Waals surface area contributed by atoms with E-state index in [2.05, 4.69) is 4.98 Å². The van der Waals surface area contributed by atoms with E-state index >= 15 is 0 Å². The highest BCUT2D eigenvalue weighted by molar-refractivity contribution is 7.22. The standard InChI is InChI=1S/C20H22N4O4S.ClH/c1-13-5-10-16(28-4)17-18(13)29-20(21-17)23(12-11-22(2)3)19(25)14-6-8-15(9-7-14)24(26)27;/h5-10H,11-12H2,1-4H3;1H. The first-order valence-corrected chi connectivity index (χ1v) is 9.78. The normalized spacial score (nSPS) is 10.7. The summed E-state index contributed by atoms with van der Waals surface area (Å²) in [4.78, 5) is 31.9. The van der Waals surface area contributed by atoms with Crippen molar-refractivity contribution in [2.75, 3.05) is 39.2 Å². The van der Waals surface area contributed by atoms with Gasteiger partial charge in [0.15, 0.2) is 5.13 Å². The number of nitrogens with zero attached hydrogens (tertiary/aromatic N) is 4. The summed E-state index contributed by atoms with van der Waals surface area (Å²) in [6.07, 6.45) is 0. The lowest BCUT2D eigenvalue weighted by molar-refractivity contribution is -0.384. The summed E-state index contributed by atoms with van der Waals surface area (Å²) in [5.41, 5.74) is 2.10. The van der Waals surface area contributed by atoms with Gasteiger partial charge in [0, 0.05) is 30.8 Å². The molecule has 160 valence electrons. The van der Waals surface area contributed by atoms with Crippen LogP contribution in [0, 0.1) is 17.0 Å². The number of anilines is 1. The van der Waals surface area contributed by atoms with Crippen LogP contribution in [0.5, 0.6) is 5.75 Å². The summed E-state index contributed by atoms with van der Waals surface area (Å²) in [7, 11) is 5.45. The average Bonchev–Trinajstić information content (AvgIpc) is 3.14. The van der Waals surface area contributed by atoms with Gasteiger partial charge < -0.3 is 9.64 Å². The third-order valence-corrected chi connectivity index (χ3v) is 5.70. The Bertz CT molecular complexity index is 1050. The second kappa shape index (κ2) is 9.84. The highest BCUT2D eigenvalue weighted by Gasteiger charge is 2.23. The van der Waals surface area contributed by atoms with Gasteiger partial charge in [-0.15, -0.1) is 12.4 Å². The number of methoxy groups -OCH3 is 1. The van der Waals surface area contributed by atoms with Crippen LogP contribution in [0.1, 0.15) is 15.9 Å². The molecule has 0 fully saturated rings. The first kappa shape index (κ1) is 23.5. The predicted octanol–water partition coefficient (Wildman–Crippen LogP) is 4.15. The molecule has 8 nitrogen and oxygen atoms in total. The van der Waals surface area contributed by atoms with E-state index in [0.29, 0.717) is 29.5 Å². The monoisotopic (exact) mass is 450 g/mol. The molecule has 1 heterocycles. The van der Waals surface area contributed by atoms with Crippen molar-refractivity contribution in [2.45, 2.75) is 6.92 Å². The second-order valence-corrected chi connectivity index (χ2v) is 7.80. The smallest absolute Gasteiger partial charge is 0.269 e. The fourth-order valence-corrected chi connectivity index (χ4v) is 3.92. The van der Waals surface area contributed by atoms with Crippen LogP contribution in [0.2, 0.25) is 0 Å². The zero-order chi connectivity index (χ0) is 21.1. The number of fused-ring (bicyclic) bond motifs is 1. The first-order valence-electron chi connectivity index (χ1n) is 8.97. The minimum atomic E-state index is -0.485. The fraction of sp³-hybridized carbons (Fsp3) is 0.300. The molecule has 0 atom stereocenters. The lowest BCUT2D eigenvalue weighted by Crippen LogP contribution is -2.36. The molecule has 0 spiro atoms. The van der Waals surface area contributed by atoms with Gasteiger partial charge in [0.2, 0.25) is 0 Å². The number of nitro groups is 1. The number of amides is 1. The van der Waals surface area contributed by atoms with Crippen molar-refractivity contribution < 1.29 is 14.5 Å². The van der Waals surface area contributed by atoms with E-state index in [-0.39, 0.29) is 24.0 Å². The van der Waals surface area contributed by atoms with Crippen LogP contribution >= 0.6 is 23.7 Å². The molecule has 0 unspecified atom stereocenters. The Morgan fingerprint density at radius 2 is 1.83 bits per heavy atom. The first-order chi connectivity index (χ1) is 13.8. The maximum atomic E-state index is 13.2. The molecule has 0 N–H and O–H groups in total. The van der Waals surface area contributed by atoms with E-state index in [9.17, 15) is 14.9 Å². The molecular weight excluding hydrogens is 428 g/mol. The lowest BCUT2D eigenvalue weighted by atomic mass is 10.2. The zero-order valence-electron chi connectivity index (χ0n) is 17.1. The number of thiazole rings is 1. The van der Waals surface area contributed by atoms with E-state index in [1.807, 2.05) is 38.1 Å². The van der Waals surface area contributed by atoms with Crippen LogP contribution in [-0.2, 0) is 0 Å². The Balaban J connectivity index is 0.00000320. The SMILES string of the molecule is COc1ccc(C)c2sc(N(CCN(C)C)C(=O)c3ccc([N+](=O)[O-])cc3)nc12.Cl. The van der Waals surface area contributed by atoms with Gasteiger partial charge in [0.25, 0.3) is 11.6 Å². The molecule has 10 heteroatoms. The number of hydrogen-bond acceptors (Lipinski definition) is 7. The number of carbonyl (C=O) groups excluding carboxylic acids is 1. The van der Waals surface area contributed by atoms with Gasteiger partial charge in [-0.1, -0.05) is 17.4 Å². The number of halogens is 1. The Hall–Kier alpha value is -2.75. The maximum absolute atomic E-state index is 13.2. The second-order valence-electron chi connectivity index (χ2n) is 6.82. The molecule has 0 aliphatic heterocycles. The zero-order valence-corrected chi connectivity index (χ0v) is 18.7. The molecule has 3 aromatic rings. The molecule has 0 radical (unpaired) electrons. The van der Waals surface area contributed by atoms with Gasteiger partial charge in [0.05, 0.1) is 16.7 Å². The molecule has 0 aliphatic carbocycles. The largest absolute Gasteiger partial charge is 0.494 e. The van der Waals surface area contributed by atoms with Gasteiger partial charge in [0.1, 0.15) is 11.3 Å². The highest BCUT2D eigenvalue weighted by Crippen LogP contribution is 2.36. The fourth-order valence-electron chi connectivity index (χ4n) is 2.84. The van der Waals surface area contributed by atoms with E-state index in [0.717, 1.165) is 15.8 Å². The van der Waals surface area contributed by atoms with Crippen LogP contribution in [0.15, 0.2) is 36.4 Å². The number of hydrogen-bond donors (Lipinski definition) is 0. The van der Waals surface area contributed by atoms with E-state index in [4.69, 9.17) is 4.74 Å². The van der Waals surface area contributed by atoms with Gasteiger partial charge in [-0.2, -0.15) is 0 Å². The van der Waals surface area contributed by atoms with Gasteiger partial charge in [-0.3, -0.25) is 19.8 Å². The summed E-state index contributed by atoms with van der Waals surface area (Å²) in [5, 5.41) is 11.5. The molecule has 0 saturated heterocycles. The average molecular weight is 451 g/mol. The van der Waals surface area contributed by atoms with Crippen LogP contribution in [0.25, 0.3) is 10.2 Å². The summed E-state index contributed by atoms with van der Waals surface area (Å²) >= 11 is 1.43. The number of rotatable bonds is 7. The quantitative estimate of drug-likeness (QED) is 0.397. The number of ether oxygens (including phenoxy) is 1. The summed E-state index contributed by atoms with van der Waals surface area (Å²) in [5.74, 6) is 0.404. The number of nitro benzene ring substituents is 1. The van der Waals surface area contributed by atoms with Gasteiger partial charge in [-0.25, -0.2) is 4.98 Å². The Kier molecular flexibility index (Phi) is 7.71. The Morgan fingerprint density at radius 3 is 2.40 bits per heavy atom. The molecule has 0 saturated carbocycles. The van der Waals surface area contributed by atoms with Crippen LogP contribution in [-0.4, -0.2) is 55.0 Å². The summed E-state index contributed by atoms with van der Waals surface area (Å²) < 4.78 is 6.39. The molecule has 0 bridgehead atoms. The van der Waals surface area contributed by atoms with E-state index in [1.54, 1.807) is 12.0 Å². The Labute approximate surface area is 184 Å². The van der Waals surface area contributed by atoms with Crippen LogP contribution < -0.4 is 9.64 Å². The molecule has 30 heavy (non-hydrogen) atoms. The van der Waals surface area contributed by atoms with Crippen molar-refractivity contribution in [1.82, 2.24) is 9.88 Å². The van der Waals surface area contributed by atoms with Crippen molar-refractivity contribution in [3.05, 3.63) is 57.6 Å². The molecule has 2 aromatic carbocycles. The van der Waals surface area contributed by atoms with Crippen molar-refractivity contribution in [2.24, 2.45) is 0 Å². The molecule has 3 rings (SSSR count). The van der Waals surface area contributed by atoms with Crippen LogP contribution in [0.3, 0.4) is 0 Å². The van der Waals surface area contributed by atoms with Crippen LogP contribution in [0.4, 0.5) is 10.8 Å². The third-order valence-electron chi connectivity index (χ3n) is 4.48. The van der Waals surface area contributed by atoms with Crippen molar-refractivity contribution in [3.8, 4) is 5.75 Å². The lowest BCUT2D eigenvalue weighted by Gasteiger charge is -2.22. The van der Waals surface area contributed by atoms with Gasteiger partial charge >= 0.3 is 0 Å². The minimum Gasteiger partial charge on any atom is -0.494 e. The number of aryl methyl sites for hydroxylation is 1. The minimum absolute atomic E-state index is 0. The van der Waals surface area contributed by atoms with Gasteiger partial charge in [-0.05, 0) is 44.8 Å². The number of non-ortho nitro benzene ring substituents is 1. The van der Waals surface area contributed by atoms with E-state index < -0.39 is 4.92 Å². The topological polar surface area (TPSA) is 88.8 Å². The Morgan fingerprint density at radius 1 is 1.17 bits per heavy atom. The maximum Gasteiger partial charge on any atom is 0.269 e. The number of carbonyl (C=O) groups is 1. The van der Waals surface area contributed by atoms with E-state index in [1.165, 1.54) is 35.6 Å². The summed E-state index contributed by atoms with van der Waals surface area (Å²) in [6, 6.07) is 9.45. The molecule has 1 aromatic heterocycles. The number of aromatic nitrogens is 1. The number of likely N-dealkylation sites (N-methyl/N-ethyl adjacent to an activating group) is 1. The third kappa shape index (κ3) is 4.86. The van der Waals surface area contributed by atoms with Crippen molar-refractivity contribution in [1.29, 1.82) is 0 Å². The molecule has 1 amide bonds. The highest BCUT2D eigenvalue weighted by atomic mass is 35.5. The predicted molar refractivity (Wildman–Crippen MR) is 121 cm³/mol. The van der Waals surface area contributed by atoms with Crippen molar-refractivity contribution >= 4 is 50.7 Å². The molecule has 0 aliphatic rings.